The van der Waals surface area contributed by atoms with Crippen molar-refractivity contribution < 1.29 is 22.8 Å². The predicted octanol–water partition coefficient (Wildman–Crippen LogP) is 5.37. The number of nitro groups is 1. The topological polar surface area (TPSA) is 94.7 Å². The molecule has 0 aromatic heterocycles. The number of nitriles is 1. The summed E-state index contributed by atoms with van der Waals surface area (Å²) in [4.78, 5) is 15.1. The van der Waals surface area contributed by atoms with Gasteiger partial charge in [0.15, 0.2) is 0 Å². The van der Waals surface area contributed by atoms with Gasteiger partial charge in [0, 0.05) is 49.7 Å². The van der Waals surface area contributed by atoms with E-state index in [-0.39, 0.29) is 17.8 Å². The van der Waals surface area contributed by atoms with E-state index in [0.717, 1.165) is 61.8 Å². The average Bonchev–Trinajstić information content (AvgIpc) is 2.92. The molecule has 1 saturated heterocycles. The van der Waals surface area contributed by atoms with E-state index in [1.807, 2.05) is 24.3 Å². The van der Waals surface area contributed by atoms with Crippen molar-refractivity contribution in [1.29, 1.82) is 5.26 Å². The molecule has 8 nitrogen and oxygen atoms in total. The minimum Gasteiger partial charge on any atom is -0.382 e. The smallest absolute Gasteiger partial charge is 0.382 e. The maximum absolute atomic E-state index is 13.3. The van der Waals surface area contributed by atoms with E-state index in [2.05, 4.69) is 21.2 Å². The molecule has 1 heterocycles. The second-order valence-corrected chi connectivity index (χ2v) is 9.91. The molecule has 38 heavy (non-hydrogen) atoms. The van der Waals surface area contributed by atoms with E-state index in [1.165, 1.54) is 6.07 Å². The second-order valence-electron chi connectivity index (χ2n) is 9.44. The van der Waals surface area contributed by atoms with Crippen LogP contribution >= 0.6 is 12.2 Å². The van der Waals surface area contributed by atoms with Gasteiger partial charge in [-0.2, -0.15) is 18.4 Å². The Labute approximate surface area is 224 Å². The third-order valence-electron chi connectivity index (χ3n) is 6.98. The van der Waals surface area contributed by atoms with Crippen LogP contribution in [0.25, 0.3) is 0 Å². The van der Waals surface area contributed by atoms with Gasteiger partial charge in [0.2, 0.25) is 0 Å². The average molecular weight is 548 g/mol. The molecule has 1 aliphatic heterocycles. The maximum atomic E-state index is 13.3. The minimum absolute atomic E-state index is 0.0218. The Morgan fingerprint density at radius 2 is 1.76 bits per heavy atom. The van der Waals surface area contributed by atoms with E-state index in [9.17, 15) is 23.3 Å². The highest BCUT2D eigenvalue weighted by Crippen LogP contribution is 2.38. The Morgan fingerprint density at radius 3 is 2.34 bits per heavy atom. The highest BCUT2D eigenvalue weighted by Gasteiger charge is 2.38. The summed E-state index contributed by atoms with van der Waals surface area (Å²) in [5.41, 5.74) is -0.270. The van der Waals surface area contributed by atoms with Crippen LogP contribution in [0.15, 0.2) is 42.5 Å². The fourth-order valence-electron chi connectivity index (χ4n) is 4.86. The standard InChI is InChI=1S/C26H28F3N5O3S/c27-26(28,29)23-15-20(5-10-24(23)34(35)36)31-19-3-8-22(9-4-19)37-17-25(38)33-13-11-32(12-14-33)21-6-1-18(16-30)2-7-21/h1-2,5-7,10,15,19,22,31H,3-4,8-9,11-14,17H2/t19-,22-. The van der Waals surface area contributed by atoms with Crippen molar-refractivity contribution in [3.63, 3.8) is 0 Å². The van der Waals surface area contributed by atoms with Gasteiger partial charge >= 0.3 is 6.18 Å². The zero-order valence-electron chi connectivity index (χ0n) is 20.6. The van der Waals surface area contributed by atoms with Gasteiger partial charge in [0.1, 0.15) is 10.6 Å². The lowest BCUT2D eigenvalue weighted by Gasteiger charge is -2.38. The fraction of sp³-hybridized carbons (Fsp3) is 0.462. The van der Waals surface area contributed by atoms with Crippen molar-refractivity contribution in [2.24, 2.45) is 0 Å². The number of rotatable bonds is 7. The second kappa shape index (κ2) is 12.0. The van der Waals surface area contributed by atoms with Gasteiger partial charge in [-0.25, -0.2) is 0 Å². The SMILES string of the molecule is N#Cc1ccc(N2CCN(C(=S)CO[C@H]3CC[C@H](Nc4ccc([N+](=O)[O-])c(C(F)(F)F)c4)CC3)CC2)cc1. The van der Waals surface area contributed by atoms with Crippen LogP contribution < -0.4 is 10.2 Å². The maximum Gasteiger partial charge on any atom is 0.423 e. The van der Waals surface area contributed by atoms with Crippen LogP contribution in [-0.2, 0) is 10.9 Å². The van der Waals surface area contributed by atoms with Crippen LogP contribution in [0.5, 0.6) is 0 Å². The number of benzene rings is 2. The van der Waals surface area contributed by atoms with Crippen molar-refractivity contribution in [2.45, 2.75) is 44.0 Å². The Kier molecular flexibility index (Phi) is 8.69. The van der Waals surface area contributed by atoms with Crippen LogP contribution in [0.4, 0.5) is 30.2 Å². The molecule has 202 valence electrons. The van der Waals surface area contributed by atoms with Crippen molar-refractivity contribution >= 4 is 34.3 Å². The molecule has 1 N–H and O–H groups in total. The molecule has 0 bridgehead atoms. The zero-order valence-corrected chi connectivity index (χ0v) is 21.4. The number of nitrogens with one attached hydrogen (secondary N) is 1. The first-order chi connectivity index (χ1) is 18.1. The molecule has 1 saturated carbocycles. The Hall–Kier alpha value is -3.43. The van der Waals surface area contributed by atoms with Crippen molar-refractivity contribution in [2.75, 3.05) is 43.0 Å². The first-order valence-corrected chi connectivity index (χ1v) is 12.8. The molecule has 2 aromatic carbocycles. The number of nitrogens with zero attached hydrogens (tertiary/aromatic N) is 4. The van der Waals surface area contributed by atoms with Crippen LogP contribution in [0.3, 0.4) is 0 Å². The molecule has 4 rings (SSSR count). The third-order valence-corrected chi connectivity index (χ3v) is 7.36. The number of hydrogen-bond donors (Lipinski definition) is 1. The summed E-state index contributed by atoms with van der Waals surface area (Å²) >= 11 is 5.61. The summed E-state index contributed by atoms with van der Waals surface area (Å²) in [6, 6.07) is 12.6. The molecule has 12 heteroatoms. The number of halogens is 3. The lowest BCUT2D eigenvalue weighted by atomic mass is 9.92. The Morgan fingerprint density at radius 1 is 1.11 bits per heavy atom. The predicted molar refractivity (Wildman–Crippen MR) is 141 cm³/mol. The highest BCUT2D eigenvalue weighted by molar-refractivity contribution is 7.80. The lowest BCUT2D eigenvalue weighted by Crippen LogP contribution is -2.49. The minimum atomic E-state index is -4.81. The van der Waals surface area contributed by atoms with E-state index >= 15 is 0 Å². The van der Waals surface area contributed by atoms with Gasteiger partial charge in [-0.3, -0.25) is 10.1 Å². The summed E-state index contributed by atoms with van der Waals surface area (Å²) in [6.45, 7) is 3.57. The summed E-state index contributed by atoms with van der Waals surface area (Å²) < 4.78 is 45.8. The molecular formula is C26H28F3N5O3S. The first-order valence-electron chi connectivity index (χ1n) is 12.4. The monoisotopic (exact) mass is 547 g/mol. The van der Waals surface area contributed by atoms with Gasteiger partial charge in [0.25, 0.3) is 5.69 Å². The number of nitro benzene ring substituents is 1. The quantitative estimate of drug-likeness (QED) is 0.281. The molecule has 2 aliphatic rings. The van der Waals surface area contributed by atoms with Gasteiger partial charge in [-0.15, -0.1) is 0 Å². The molecule has 0 atom stereocenters. The van der Waals surface area contributed by atoms with Crippen LogP contribution in [0, 0.1) is 21.4 Å². The van der Waals surface area contributed by atoms with E-state index < -0.39 is 22.4 Å². The molecule has 2 aromatic rings. The van der Waals surface area contributed by atoms with Crippen molar-refractivity contribution in [1.82, 2.24) is 4.90 Å². The summed E-state index contributed by atoms with van der Waals surface area (Å²) in [6.07, 6.45) is -1.88. The van der Waals surface area contributed by atoms with Crippen molar-refractivity contribution in [3.05, 3.63) is 63.7 Å². The van der Waals surface area contributed by atoms with E-state index in [4.69, 9.17) is 22.2 Å². The number of anilines is 2. The molecule has 2 fully saturated rings. The highest BCUT2D eigenvalue weighted by atomic mass is 32.1. The number of alkyl halides is 3. The van der Waals surface area contributed by atoms with E-state index in [1.54, 1.807) is 0 Å². The summed E-state index contributed by atoms with van der Waals surface area (Å²) in [7, 11) is 0. The normalized spacial score (nSPS) is 20.1. The van der Waals surface area contributed by atoms with Crippen LogP contribution in [0.1, 0.15) is 36.8 Å². The van der Waals surface area contributed by atoms with Gasteiger partial charge < -0.3 is 19.9 Å². The molecule has 1 aliphatic carbocycles. The number of hydrogen-bond acceptors (Lipinski definition) is 7. The summed E-state index contributed by atoms with van der Waals surface area (Å²) in [5.74, 6) is 0. The van der Waals surface area contributed by atoms with E-state index in [0.29, 0.717) is 25.0 Å². The molecule has 0 unspecified atom stereocenters. The largest absolute Gasteiger partial charge is 0.423 e. The van der Waals surface area contributed by atoms with Gasteiger partial charge in [0.05, 0.1) is 29.3 Å². The lowest BCUT2D eigenvalue weighted by molar-refractivity contribution is -0.388. The number of piperazine rings is 1. The number of thiocarbonyl (C=S) groups is 1. The molecule has 0 amide bonds. The van der Waals surface area contributed by atoms with Gasteiger partial charge in [-0.1, -0.05) is 12.2 Å². The Bertz CT molecular complexity index is 1190. The first kappa shape index (κ1) is 27.6. The molecule has 0 radical (unpaired) electrons. The fourth-order valence-corrected chi connectivity index (χ4v) is 5.11. The Balaban J connectivity index is 1.20. The molecular weight excluding hydrogens is 519 g/mol. The van der Waals surface area contributed by atoms with Crippen LogP contribution in [0.2, 0.25) is 0 Å². The van der Waals surface area contributed by atoms with Gasteiger partial charge in [-0.05, 0) is 62.1 Å². The summed E-state index contributed by atoms with van der Waals surface area (Å²) in [5, 5.41) is 23.0. The number of ether oxygens (including phenoxy) is 1. The van der Waals surface area contributed by atoms with Crippen LogP contribution in [-0.4, -0.2) is 59.7 Å². The molecule has 0 spiro atoms. The third kappa shape index (κ3) is 6.90. The van der Waals surface area contributed by atoms with Crippen molar-refractivity contribution in [3.8, 4) is 6.07 Å². The zero-order chi connectivity index (χ0) is 27.3.